The van der Waals surface area contributed by atoms with E-state index in [-0.39, 0.29) is 6.61 Å². The molecule has 0 N–H and O–H groups in total. The van der Waals surface area contributed by atoms with E-state index >= 15 is 0 Å². The highest BCUT2D eigenvalue weighted by atomic mass is 16.5. The maximum Gasteiger partial charge on any atom is 0.129 e. The van der Waals surface area contributed by atoms with E-state index in [1.807, 2.05) is 12.1 Å². The summed E-state index contributed by atoms with van der Waals surface area (Å²) >= 11 is 0. The number of hydrogen-bond donors (Lipinski definition) is 0. The van der Waals surface area contributed by atoms with Gasteiger partial charge in [0.15, 0.2) is 0 Å². The molecule has 75 valence electrons. The fraction of sp³-hybridized carbons (Fsp3) is 0.273. The van der Waals surface area contributed by atoms with Gasteiger partial charge in [-0.1, -0.05) is 12.2 Å². The zero-order valence-corrected chi connectivity index (χ0v) is 8.32. The summed E-state index contributed by atoms with van der Waals surface area (Å²) in [5, 5.41) is 10.3. The summed E-state index contributed by atoms with van der Waals surface area (Å²) in [5.74, 6) is 1.44. The Bertz CT molecular complexity index is 318. The maximum absolute atomic E-state index is 10.3. The zero-order valence-electron chi connectivity index (χ0n) is 8.32. The molecule has 0 unspecified atom stereocenters. The summed E-state index contributed by atoms with van der Waals surface area (Å²) in [7, 11) is 3.19. The predicted octanol–water partition coefficient (Wildman–Crippen LogP) is 2.15. The van der Waals surface area contributed by atoms with Crippen LogP contribution in [0.4, 0.5) is 0 Å². The fourth-order valence-corrected chi connectivity index (χ4v) is 1.13. The van der Waals surface area contributed by atoms with Gasteiger partial charge in [-0.05, 0) is 12.1 Å². The smallest absolute Gasteiger partial charge is 0.129 e. The number of methoxy groups -OCH3 is 2. The molecule has 3 heteroatoms. The third-order valence-corrected chi connectivity index (χ3v) is 1.83. The van der Waals surface area contributed by atoms with Crippen LogP contribution in [0.5, 0.6) is 11.5 Å². The molecule has 0 spiro atoms. The van der Waals surface area contributed by atoms with Crippen LogP contribution in [0.2, 0.25) is 0 Å². The van der Waals surface area contributed by atoms with E-state index in [1.165, 1.54) is 0 Å². The molecule has 0 amide bonds. The van der Waals surface area contributed by atoms with Crippen molar-refractivity contribution in [3.8, 4) is 11.5 Å². The van der Waals surface area contributed by atoms with Crippen molar-refractivity contribution in [1.29, 1.82) is 0 Å². The molecule has 1 radical (unpaired) electrons. The van der Waals surface area contributed by atoms with Crippen molar-refractivity contribution in [2.75, 3.05) is 20.8 Å². The van der Waals surface area contributed by atoms with Gasteiger partial charge in [0.25, 0.3) is 0 Å². The van der Waals surface area contributed by atoms with Gasteiger partial charge < -0.3 is 9.47 Å². The Morgan fingerprint density at radius 1 is 1.29 bits per heavy atom. The number of rotatable bonds is 4. The minimum Gasteiger partial charge on any atom is -0.497 e. The average Bonchev–Trinajstić information content (AvgIpc) is 2.26. The van der Waals surface area contributed by atoms with E-state index in [1.54, 1.807) is 32.4 Å². The molecule has 3 nitrogen and oxygen atoms in total. The Balaban J connectivity index is 2.99. The second-order valence-corrected chi connectivity index (χ2v) is 2.68. The van der Waals surface area contributed by atoms with E-state index in [0.717, 1.165) is 11.3 Å². The van der Waals surface area contributed by atoms with Crippen LogP contribution in [0.15, 0.2) is 24.3 Å². The third kappa shape index (κ3) is 2.50. The largest absolute Gasteiger partial charge is 0.497 e. The zero-order chi connectivity index (χ0) is 10.4. The Hall–Kier alpha value is -1.48. The summed E-state index contributed by atoms with van der Waals surface area (Å²) in [4.78, 5) is 0. The van der Waals surface area contributed by atoms with Crippen LogP contribution < -0.4 is 9.47 Å². The van der Waals surface area contributed by atoms with Crippen molar-refractivity contribution in [2.24, 2.45) is 0 Å². The number of ether oxygens (including phenoxy) is 2. The number of benzene rings is 1. The molecule has 0 saturated heterocycles. The van der Waals surface area contributed by atoms with Gasteiger partial charge in [-0.15, -0.1) is 0 Å². The highest BCUT2D eigenvalue weighted by molar-refractivity contribution is 5.59. The van der Waals surface area contributed by atoms with Crippen LogP contribution >= 0.6 is 0 Å². The summed E-state index contributed by atoms with van der Waals surface area (Å²) in [6, 6.07) is 5.46. The monoisotopic (exact) mass is 193 g/mol. The van der Waals surface area contributed by atoms with Crippen molar-refractivity contribution >= 4 is 6.08 Å². The Morgan fingerprint density at radius 3 is 2.64 bits per heavy atom. The molecule has 0 fully saturated rings. The SMILES string of the molecule is COc1ccc(/C=C/C[O])c(OC)c1. The lowest BCUT2D eigenvalue weighted by molar-refractivity contribution is 0.233. The van der Waals surface area contributed by atoms with E-state index in [2.05, 4.69) is 0 Å². The molecular formula is C11H13O3. The first-order chi connectivity index (χ1) is 6.81. The van der Waals surface area contributed by atoms with Crippen molar-refractivity contribution in [3.05, 3.63) is 29.8 Å². The number of hydrogen-bond acceptors (Lipinski definition) is 2. The van der Waals surface area contributed by atoms with Crippen molar-refractivity contribution in [3.63, 3.8) is 0 Å². The van der Waals surface area contributed by atoms with Gasteiger partial charge in [0.2, 0.25) is 0 Å². The molecule has 0 aliphatic rings. The molecule has 14 heavy (non-hydrogen) atoms. The highest BCUT2D eigenvalue weighted by Gasteiger charge is 2.01. The Kier molecular flexibility index (Phi) is 4.01. The molecule has 0 bridgehead atoms. The lowest BCUT2D eigenvalue weighted by Gasteiger charge is -2.06. The molecule has 0 aliphatic carbocycles. The topological polar surface area (TPSA) is 38.4 Å². The van der Waals surface area contributed by atoms with Gasteiger partial charge in [-0.3, -0.25) is 0 Å². The van der Waals surface area contributed by atoms with Crippen LogP contribution in [0.25, 0.3) is 6.08 Å². The van der Waals surface area contributed by atoms with Crippen LogP contribution in [0.1, 0.15) is 5.56 Å². The maximum atomic E-state index is 10.3. The third-order valence-electron chi connectivity index (χ3n) is 1.83. The van der Waals surface area contributed by atoms with Crippen LogP contribution in [-0.4, -0.2) is 20.8 Å². The van der Waals surface area contributed by atoms with Crippen LogP contribution in [0.3, 0.4) is 0 Å². The van der Waals surface area contributed by atoms with E-state index in [9.17, 15) is 5.11 Å². The summed E-state index contributed by atoms with van der Waals surface area (Å²) < 4.78 is 10.2. The second kappa shape index (κ2) is 5.29. The Morgan fingerprint density at radius 2 is 2.07 bits per heavy atom. The fourth-order valence-electron chi connectivity index (χ4n) is 1.13. The summed E-state index contributed by atoms with van der Waals surface area (Å²) in [5.41, 5.74) is 0.879. The lowest BCUT2D eigenvalue weighted by Crippen LogP contribution is -1.89. The van der Waals surface area contributed by atoms with Crippen LogP contribution in [-0.2, 0) is 5.11 Å². The van der Waals surface area contributed by atoms with E-state index in [0.29, 0.717) is 5.75 Å². The molecule has 0 atom stereocenters. The Labute approximate surface area is 83.6 Å². The molecule has 0 aromatic heterocycles. The van der Waals surface area contributed by atoms with E-state index < -0.39 is 0 Å². The van der Waals surface area contributed by atoms with Gasteiger partial charge in [0.05, 0.1) is 14.2 Å². The normalized spacial score (nSPS) is 10.5. The first kappa shape index (κ1) is 10.6. The first-order valence-electron chi connectivity index (χ1n) is 4.28. The highest BCUT2D eigenvalue weighted by Crippen LogP contribution is 2.25. The quantitative estimate of drug-likeness (QED) is 0.734. The van der Waals surface area contributed by atoms with Gasteiger partial charge in [0, 0.05) is 11.6 Å². The summed E-state index contributed by atoms with van der Waals surface area (Å²) in [6.45, 7) is -0.227. The molecule has 1 aromatic rings. The summed E-state index contributed by atoms with van der Waals surface area (Å²) in [6.07, 6.45) is 3.29. The van der Waals surface area contributed by atoms with Gasteiger partial charge in [-0.25, -0.2) is 5.11 Å². The van der Waals surface area contributed by atoms with Crippen molar-refractivity contribution in [2.45, 2.75) is 0 Å². The van der Waals surface area contributed by atoms with Crippen LogP contribution in [0, 0.1) is 0 Å². The standard InChI is InChI=1S/C11H13O3/c1-13-10-6-5-9(4-3-7-12)11(8-10)14-2/h3-6,8H,7H2,1-2H3/b4-3+. The van der Waals surface area contributed by atoms with Gasteiger partial charge in [-0.2, -0.15) is 0 Å². The second-order valence-electron chi connectivity index (χ2n) is 2.68. The molecule has 1 rings (SSSR count). The minimum absolute atomic E-state index is 0.227. The lowest BCUT2D eigenvalue weighted by atomic mass is 10.2. The molecule has 1 aromatic carbocycles. The first-order valence-corrected chi connectivity index (χ1v) is 4.28. The average molecular weight is 193 g/mol. The van der Waals surface area contributed by atoms with Gasteiger partial charge in [0.1, 0.15) is 18.1 Å². The molecule has 0 saturated carbocycles. The van der Waals surface area contributed by atoms with E-state index in [4.69, 9.17) is 9.47 Å². The molecular weight excluding hydrogens is 180 g/mol. The minimum atomic E-state index is -0.227. The van der Waals surface area contributed by atoms with Gasteiger partial charge >= 0.3 is 0 Å². The van der Waals surface area contributed by atoms with Crippen molar-refractivity contribution in [1.82, 2.24) is 0 Å². The molecule has 0 aliphatic heterocycles. The van der Waals surface area contributed by atoms with Crippen molar-refractivity contribution < 1.29 is 14.6 Å². The predicted molar refractivity (Wildman–Crippen MR) is 54.1 cm³/mol. The molecule has 0 heterocycles.